The molecule has 0 aliphatic carbocycles. The molecule has 0 unspecified atom stereocenters. The average molecular weight is 437 g/mol. The van der Waals surface area contributed by atoms with Crippen LogP contribution >= 0.6 is 0 Å². The van der Waals surface area contributed by atoms with Crippen molar-refractivity contribution in [2.75, 3.05) is 18.0 Å². The highest BCUT2D eigenvalue weighted by Crippen LogP contribution is 2.30. The van der Waals surface area contributed by atoms with E-state index in [0.717, 1.165) is 27.9 Å². The average Bonchev–Trinajstić information content (AvgIpc) is 2.77. The van der Waals surface area contributed by atoms with Gasteiger partial charge in [-0.25, -0.2) is 18.7 Å². The molecule has 1 saturated heterocycles. The van der Waals surface area contributed by atoms with Crippen LogP contribution in [0.3, 0.4) is 0 Å². The maximum atomic E-state index is 13.6. The van der Waals surface area contributed by atoms with Crippen molar-refractivity contribution in [3.05, 3.63) is 58.5 Å². The number of aromatic nitrogens is 3. The lowest BCUT2D eigenvalue weighted by atomic mass is 9.98. The highest BCUT2D eigenvalue weighted by atomic mass is 19.3. The molecule has 1 aromatic carbocycles. The molecular weight excluding hydrogens is 410 g/mol. The monoisotopic (exact) mass is 436 g/mol. The Kier molecular flexibility index (Phi) is 5.68. The molecule has 1 atom stereocenters. The molecule has 3 aromatic rings. The molecule has 1 fully saturated rings. The number of aryl methyl sites for hydroxylation is 2. The summed E-state index contributed by atoms with van der Waals surface area (Å²) in [6.07, 6.45) is 1.42. The molecule has 2 aromatic heterocycles. The zero-order valence-corrected chi connectivity index (χ0v) is 18.7. The number of alkyl halides is 2. The van der Waals surface area contributed by atoms with Gasteiger partial charge in [0, 0.05) is 38.4 Å². The van der Waals surface area contributed by atoms with E-state index < -0.39 is 5.92 Å². The normalized spacial score (nSPS) is 17.4. The summed E-state index contributed by atoms with van der Waals surface area (Å²) < 4.78 is 29.2. The second-order valence-corrected chi connectivity index (χ2v) is 8.38. The first-order valence-electron chi connectivity index (χ1n) is 10.7. The summed E-state index contributed by atoms with van der Waals surface area (Å²) in [6.45, 7) is 6.34. The van der Waals surface area contributed by atoms with Crippen LogP contribution in [0.2, 0.25) is 0 Å². The fourth-order valence-corrected chi connectivity index (χ4v) is 4.16. The lowest BCUT2D eigenvalue weighted by Gasteiger charge is -2.32. The molecule has 0 N–H and O–H groups in total. The van der Waals surface area contributed by atoms with E-state index in [4.69, 9.17) is 9.98 Å². The molecule has 1 aliphatic rings. The van der Waals surface area contributed by atoms with Gasteiger partial charge in [-0.3, -0.25) is 4.99 Å². The topological polar surface area (TPSA) is 70.1 Å². The van der Waals surface area contributed by atoms with Crippen LogP contribution in [0.25, 0.3) is 10.9 Å². The summed E-state index contributed by atoms with van der Waals surface area (Å²) in [5.41, 5.74) is 3.96. The van der Waals surface area contributed by atoms with Crippen LogP contribution in [-0.2, 0) is 7.05 Å². The van der Waals surface area contributed by atoms with E-state index in [9.17, 15) is 14.0 Å². The number of benzene rings is 1. The number of pyridine rings is 1. The smallest absolute Gasteiger partial charge is 0.251 e. The molecule has 4 rings (SSSR count). The molecular formula is C24H26F2N6. The van der Waals surface area contributed by atoms with Crippen molar-refractivity contribution in [1.82, 2.24) is 14.5 Å². The van der Waals surface area contributed by atoms with Crippen LogP contribution in [0.1, 0.15) is 48.3 Å². The highest BCUT2D eigenvalue weighted by Gasteiger charge is 2.34. The summed E-state index contributed by atoms with van der Waals surface area (Å²) in [5.74, 6) is -1.16. The number of halogens is 2. The maximum absolute atomic E-state index is 13.6. The van der Waals surface area contributed by atoms with Crippen molar-refractivity contribution in [2.45, 2.75) is 45.6 Å². The Labute approximate surface area is 185 Å². The van der Waals surface area contributed by atoms with Gasteiger partial charge in [0.25, 0.3) is 5.92 Å². The molecule has 1 aliphatic heterocycles. The van der Waals surface area contributed by atoms with Crippen LogP contribution < -0.4 is 10.4 Å². The minimum atomic E-state index is -2.61. The van der Waals surface area contributed by atoms with Gasteiger partial charge in [-0.2, -0.15) is 5.26 Å². The summed E-state index contributed by atoms with van der Waals surface area (Å²) in [7, 11) is 1.92. The number of anilines is 1. The summed E-state index contributed by atoms with van der Waals surface area (Å²) in [5, 5.41) is 10.2. The third-order valence-corrected chi connectivity index (χ3v) is 6.30. The van der Waals surface area contributed by atoms with Gasteiger partial charge in [0.2, 0.25) is 0 Å². The minimum Gasteiger partial charge on any atom is -0.356 e. The van der Waals surface area contributed by atoms with Crippen molar-refractivity contribution in [3.8, 4) is 6.07 Å². The van der Waals surface area contributed by atoms with Gasteiger partial charge in [-0.15, -0.1) is 0 Å². The first-order chi connectivity index (χ1) is 15.2. The van der Waals surface area contributed by atoms with Gasteiger partial charge in [0.05, 0.1) is 29.4 Å². The lowest BCUT2D eigenvalue weighted by molar-refractivity contribution is -0.0221. The number of rotatable bonds is 3. The van der Waals surface area contributed by atoms with Crippen LogP contribution in [0.15, 0.2) is 35.5 Å². The van der Waals surface area contributed by atoms with Crippen molar-refractivity contribution >= 4 is 16.7 Å². The molecule has 0 spiro atoms. The summed E-state index contributed by atoms with van der Waals surface area (Å²) in [4.78, 5) is 16.1. The zero-order valence-electron chi connectivity index (χ0n) is 18.7. The van der Waals surface area contributed by atoms with Crippen molar-refractivity contribution in [1.29, 1.82) is 5.26 Å². The summed E-state index contributed by atoms with van der Waals surface area (Å²) in [6, 6.07) is 9.55. The Hall–Kier alpha value is -3.34. The largest absolute Gasteiger partial charge is 0.356 e. The zero-order chi connectivity index (χ0) is 23.0. The number of nitrogens with zero attached hydrogens (tertiary/aromatic N) is 6. The first kappa shape index (κ1) is 21.9. The van der Waals surface area contributed by atoms with Crippen LogP contribution in [0.4, 0.5) is 14.6 Å². The number of hydrogen-bond acceptors (Lipinski definition) is 5. The van der Waals surface area contributed by atoms with Gasteiger partial charge in [0.1, 0.15) is 11.6 Å². The first-order valence-corrected chi connectivity index (χ1v) is 10.7. The maximum Gasteiger partial charge on any atom is 0.251 e. The van der Waals surface area contributed by atoms with Crippen LogP contribution in [0.5, 0.6) is 0 Å². The Morgan fingerprint density at radius 3 is 2.62 bits per heavy atom. The number of fused-ring (bicyclic) bond motifs is 1. The van der Waals surface area contributed by atoms with E-state index in [1.807, 2.05) is 55.5 Å². The van der Waals surface area contributed by atoms with Crippen molar-refractivity contribution < 1.29 is 8.78 Å². The number of nitriles is 1. The van der Waals surface area contributed by atoms with E-state index >= 15 is 0 Å². The summed E-state index contributed by atoms with van der Waals surface area (Å²) >= 11 is 0. The van der Waals surface area contributed by atoms with Gasteiger partial charge in [-0.05, 0) is 44.0 Å². The molecule has 8 heteroatoms. The molecule has 3 heterocycles. The lowest BCUT2D eigenvalue weighted by Crippen LogP contribution is -2.39. The fraction of sp³-hybridized carbons (Fsp3) is 0.417. The molecule has 32 heavy (non-hydrogen) atoms. The predicted octanol–water partition coefficient (Wildman–Crippen LogP) is 4.35. The Balaban J connectivity index is 1.82. The standard InChI is InChI=1S/C24H26F2N6/c1-15-18(13-27)6-5-7-19(15)16(2)29-23-20-12-22(32-10-8-24(25,26)9-11-32)28-14-21(20)31(4)17(3)30-23/h5-7,12,14,16H,8-11H2,1-4H3/t16-/m1/s1. The minimum absolute atomic E-state index is 0.171. The molecule has 0 saturated carbocycles. The van der Waals surface area contributed by atoms with E-state index in [2.05, 4.69) is 11.1 Å². The predicted molar refractivity (Wildman–Crippen MR) is 120 cm³/mol. The Morgan fingerprint density at radius 1 is 1.22 bits per heavy atom. The van der Waals surface area contributed by atoms with Crippen LogP contribution in [-0.4, -0.2) is 33.5 Å². The molecule has 6 nitrogen and oxygen atoms in total. The van der Waals surface area contributed by atoms with Gasteiger partial charge < -0.3 is 9.47 Å². The molecule has 0 bridgehead atoms. The van der Waals surface area contributed by atoms with Gasteiger partial charge in [-0.1, -0.05) is 12.1 Å². The molecule has 0 amide bonds. The second kappa shape index (κ2) is 8.30. The van der Waals surface area contributed by atoms with E-state index in [-0.39, 0.29) is 32.0 Å². The number of hydrogen-bond donors (Lipinski definition) is 0. The number of piperidine rings is 1. The third-order valence-electron chi connectivity index (χ3n) is 6.30. The van der Waals surface area contributed by atoms with Crippen molar-refractivity contribution in [3.63, 3.8) is 0 Å². The Morgan fingerprint density at radius 2 is 1.94 bits per heavy atom. The molecule has 166 valence electrons. The SMILES string of the molecule is Cc1c(C#N)cccc1[C@@H](C)N=c1nc(C)n(C)c2cnc(N3CCC(F)(F)CC3)cc12. The van der Waals surface area contributed by atoms with Crippen molar-refractivity contribution in [2.24, 2.45) is 12.0 Å². The highest BCUT2D eigenvalue weighted by molar-refractivity contribution is 5.80. The van der Waals surface area contributed by atoms with E-state index in [1.165, 1.54) is 0 Å². The fourth-order valence-electron chi connectivity index (χ4n) is 4.16. The van der Waals surface area contributed by atoms with E-state index in [0.29, 0.717) is 16.9 Å². The quantitative estimate of drug-likeness (QED) is 0.612. The second-order valence-electron chi connectivity index (χ2n) is 8.38. The third kappa shape index (κ3) is 4.07. The Bertz CT molecular complexity index is 1280. The molecule has 0 radical (unpaired) electrons. The van der Waals surface area contributed by atoms with Crippen LogP contribution in [0, 0.1) is 25.2 Å². The van der Waals surface area contributed by atoms with Gasteiger partial charge >= 0.3 is 0 Å². The van der Waals surface area contributed by atoms with E-state index in [1.54, 1.807) is 12.3 Å². The van der Waals surface area contributed by atoms with Gasteiger partial charge in [0.15, 0.2) is 5.49 Å².